The number of hydrazine groups is 1. The van der Waals surface area contributed by atoms with Gasteiger partial charge in [0.05, 0.1) is 6.20 Å². The Bertz CT molecular complexity index is 1290. The van der Waals surface area contributed by atoms with Crippen molar-refractivity contribution in [2.45, 2.75) is 45.8 Å². The van der Waals surface area contributed by atoms with E-state index < -0.39 is 12.1 Å². The Morgan fingerprint density at radius 1 is 1.02 bits per heavy atom. The van der Waals surface area contributed by atoms with E-state index in [4.69, 9.17) is 21.5 Å². The number of nitriles is 1. The van der Waals surface area contributed by atoms with Crippen LogP contribution in [0.15, 0.2) is 30.5 Å². The van der Waals surface area contributed by atoms with Gasteiger partial charge in [-0.2, -0.15) is 23.4 Å². The molecule has 2 fully saturated rings. The number of aliphatic carboxylic acids is 1. The molecular formula is C30H40ClF3N8O3. The zero-order chi connectivity index (χ0) is 33.0. The second-order valence-electron chi connectivity index (χ2n) is 11.4. The van der Waals surface area contributed by atoms with Crippen LogP contribution in [0.5, 0.6) is 0 Å². The first kappa shape index (κ1) is 36.1. The molecule has 246 valence electrons. The zero-order valence-corrected chi connectivity index (χ0v) is 26.3. The third kappa shape index (κ3) is 11.8. The van der Waals surface area contributed by atoms with E-state index in [-0.39, 0.29) is 28.5 Å². The van der Waals surface area contributed by atoms with Crippen molar-refractivity contribution >= 4 is 29.3 Å². The van der Waals surface area contributed by atoms with Crippen LogP contribution < -0.4 is 10.4 Å². The molecule has 4 rings (SSSR count). The lowest BCUT2D eigenvalue weighted by atomic mass is 10.1. The molecule has 2 aromatic rings. The number of rotatable bonds is 10. The number of likely N-dealkylation sites (tertiary alicyclic amines) is 1. The molecule has 0 unspecified atom stereocenters. The number of carboxylic acids is 1. The van der Waals surface area contributed by atoms with Gasteiger partial charge in [-0.05, 0) is 49.5 Å². The van der Waals surface area contributed by atoms with Gasteiger partial charge in [0, 0.05) is 57.9 Å². The van der Waals surface area contributed by atoms with Gasteiger partial charge in [-0.3, -0.25) is 14.6 Å². The summed E-state index contributed by atoms with van der Waals surface area (Å²) in [4.78, 5) is 38.1. The molecule has 2 aliphatic heterocycles. The van der Waals surface area contributed by atoms with Gasteiger partial charge in [-0.1, -0.05) is 44.0 Å². The SMILES string of the molecule is CC(C)CNN(C(=O)c1ccc(CN2CCN(CCN3CCCCC3)CC2)cc1)c1nc(C#N)ncc1Cl.O=C(O)C(F)(F)F. The Morgan fingerprint density at radius 2 is 1.58 bits per heavy atom. The molecule has 0 spiro atoms. The fraction of sp³-hybridized carbons (Fsp3) is 0.567. The van der Waals surface area contributed by atoms with Crippen molar-refractivity contribution in [2.75, 3.05) is 63.9 Å². The van der Waals surface area contributed by atoms with Crippen molar-refractivity contribution in [1.29, 1.82) is 5.26 Å². The van der Waals surface area contributed by atoms with Crippen LogP contribution >= 0.6 is 11.6 Å². The summed E-state index contributed by atoms with van der Waals surface area (Å²) in [6.45, 7) is 14.7. The first-order valence-corrected chi connectivity index (χ1v) is 15.3. The highest BCUT2D eigenvalue weighted by Gasteiger charge is 2.38. The number of piperidine rings is 1. The summed E-state index contributed by atoms with van der Waals surface area (Å²) < 4.78 is 31.7. The average Bonchev–Trinajstić information content (AvgIpc) is 3.02. The lowest BCUT2D eigenvalue weighted by molar-refractivity contribution is -0.192. The number of hydrogen-bond donors (Lipinski definition) is 2. The lowest BCUT2D eigenvalue weighted by Crippen LogP contribution is -2.48. The van der Waals surface area contributed by atoms with Gasteiger partial charge in [-0.25, -0.2) is 20.2 Å². The van der Waals surface area contributed by atoms with E-state index in [1.54, 1.807) is 0 Å². The molecule has 2 aliphatic rings. The van der Waals surface area contributed by atoms with E-state index in [0.29, 0.717) is 12.1 Å². The van der Waals surface area contributed by atoms with Crippen LogP contribution in [-0.4, -0.2) is 107 Å². The van der Waals surface area contributed by atoms with Gasteiger partial charge in [0.1, 0.15) is 11.1 Å². The Labute approximate surface area is 266 Å². The van der Waals surface area contributed by atoms with Crippen molar-refractivity contribution in [3.05, 3.63) is 52.4 Å². The highest BCUT2D eigenvalue weighted by Crippen LogP contribution is 2.23. The number of carboxylic acid groups (broad SMARTS) is 1. The van der Waals surface area contributed by atoms with E-state index in [1.807, 2.05) is 44.2 Å². The number of aromatic nitrogens is 2. The minimum atomic E-state index is -5.08. The van der Waals surface area contributed by atoms with Crippen LogP contribution in [0.4, 0.5) is 19.0 Å². The Morgan fingerprint density at radius 3 is 2.11 bits per heavy atom. The first-order chi connectivity index (χ1) is 21.4. The molecule has 3 heterocycles. The summed E-state index contributed by atoms with van der Waals surface area (Å²) >= 11 is 6.32. The van der Waals surface area contributed by atoms with Crippen LogP contribution in [0.1, 0.15) is 54.9 Å². The van der Waals surface area contributed by atoms with E-state index >= 15 is 0 Å². The van der Waals surface area contributed by atoms with E-state index in [1.165, 1.54) is 55.7 Å². The molecule has 45 heavy (non-hydrogen) atoms. The fourth-order valence-corrected chi connectivity index (χ4v) is 5.04. The number of benzene rings is 1. The number of carbonyl (C=O) groups is 2. The summed E-state index contributed by atoms with van der Waals surface area (Å²) in [5.74, 6) is -2.63. The number of piperazine rings is 1. The summed E-state index contributed by atoms with van der Waals surface area (Å²) in [5.41, 5.74) is 4.82. The summed E-state index contributed by atoms with van der Waals surface area (Å²) in [7, 11) is 0. The highest BCUT2D eigenvalue weighted by molar-refractivity contribution is 6.33. The Hall–Kier alpha value is -3.35. The topological polar surface area (TPSA) is 129 Å². The number of halogens is 4. The van der Waals surface area contributed by atoms with Gasteiger partial charge < -0.3 is 10.0 Å². The number of amides is 1. The number of anilines is 1. The van der Waals surface area contributed by atoms with Gasteiger partial charge >= 0.3 is 12.1 Å². The third-order valence-corrected chi connectivity index (χ3v) is 7.66. The third-order valence-electron chi connectivity index (χ3n) is 7.39. The monoisotopic (exact) mass is 652 g/mol. The smallest absolute Gasteiger partial charge is 0.475 e. The van der Waals surface area contributed by atoms with Gasteiger partial charge in [0.2, 0.25) is 5.82 Å². The maximum absolute atomic E-state index is 13.5. The number of nitrogens with zero attached hydrogens (tertiary/aromatic N) is 7. The number of carbonyl (C=O) groups excluding carboxylic acids is 1. The molecular weight excluding hydrogens is 613 g/mol. The van der Waals surface area contributed by atoms with Crippen molar-refractivity contribution in [3.8, 4) is 6.07 Å². The molecule has 2 N–H and O–H groups in total. The van der Waals surface area contributed by atoms with Crippen molar-refractivity contribution in [3.63, 3.8) is 0 Å². The average molecular weight is 653 g/mol. The highest BCUT2D eigenvalue weighted by atomic mass is 35.5. The second-order valence-corrected chi connectivity index (χ2v) is 11.8. The van der Waals surface area contributed by atoms with E-state index in [9.17, 15) is 23.2 Å². The predicted octanol–water partition coefficient (Wildman–Crippen LogP) is 4.05. The normalized spacial score (nSPS) is 16.5. The molecule has 0 saturated carbocycles. The molecule has 0 radical (unpaired) electrons. The second kappa shape index (κ2) is 17.4. The zero-order valence-electron chi connectivity index (χ0n) is 25.6. The maximum atomic E-state index is 13.5. The molecule has 0 bridgehead atoms. The molecule has 1 aromatic carbocycles. The van der Waals surface area contributed by atoms with Crippen molar-refractivity contribution in [2.24, 2.45) is 5.92 Å². The van der Waals surface area contributed by atoms with Gasteiger partial charge in [0.15, 0.2) is 5.82 Å². The van der Waals surface area contributed by atoms with Crippen LogP contribution in [0.2, 0.25) is 5.02 Å². The molecule has 11 nitrogen and oxygen atoms in total. The first-order valence-electron chi connectivity index (χ1n) is 14.9. The fourth-order valence-electron chi connectivity index (χ4n) is 4.86. The predicted molar refractivity (Wildman–Crippen MR) is 164 cm³/mol. The number of nitrogens with one attached hydrogen (secondary N) is 1. The Balaban J connectivity index is 0.000000707. The summed E-state index contributed by atoms with van der Waals surface area (Å²) in [5, 5.41) is 17.9. The lowest BCUT2D eigenvalue weighted by Gasteiger charge is -2.36. The standard InChI is InChI=1S/C28H39ClN8O.C2HF3O2/c1-22(2)19-32-37(27-25(29)20-31-26(18-30)33-27)28(38)24-8-6-23(7-9-24)21-36-16-14-35(15-17-36)13-12-34-10-4-3-5-11-34;3-2(4,5)1(6)7/h6-9,20,22,32H,3-5,10-17,19,21H2,1-2H3;(H,6,7). The quantitative estimate of drug-likeness (QED) is 0.363. The largest absolute Gasteiger partial charge is 0.490 e. The van der Waals surface area contributed by atoms with Gasteiger partial charge in [-0.15, -0.1) is 0 Å². The molecule has 2 saturated heterocycles. The van der Waals surface area contributed by atoms with Crippen molar-refractivity contribution < 1.29 is 27.9 Å². The molecule has 0 atom stereocenters. The van der Waals surface area contributed by atoms with Crippen LogP contribution in [-0.2, 0) is 11.3 Å². The summed E-state index contributed by atoms with van der Waals surface area (Å²) in [6, 6.07) is 9.62. The number of hydrogen-bond acceptors (Lipinski definition) is 9. The minimum Gasteiger partial charge on any atom is -0.475 e. The molecule has 0 aliphatic carbocycles. The van der Waals surface area contributed by atoms with Crippen LogP contribution in [0.25, 0.3) is 0 Å². The Kier molecular flexibility index (Phi) is 13.9. The van der Waals surface area contributed by atoms with Crippen LogP contribution in [0.3, 0.4) is 0 Å². The minimum absolute atomic E-state index is 0.0458. The maximum Gasteiger partial charge on any atom is 0.490 e. The molecule has 1 amide bonds. The van der Waals surface area contributed by atoms with E-state index in [2.05, 4.69) is 30.1 Å². The van der Waals surface area contributed by atoms with Crippen LogP contribution in [0, 0.1) is 17.2 Å². The van der Waals surface area contributed by atoms with Gasteiger partial charge in [0.25, 0.3) is 5.91 Å². The van der Waals surface area contributed by atoms with Crippen molar-refractivity contribution in [1.82, 2.24) is 30.1 Å². The summed E-state index contributed by atoms with van der Waals surface area (Å²) in [6.07, 6.45) is 0.343. The molecule has 1 aromatic heterocycles. The molecule has 15 heteroatoms. The van der Waals surface area contributed by atoms with E-state index in [0.717, 1.165) is 39.3 Å². The number of alkyl halides is 3.